The number of hydrogen-bond donors (Lipinski definition) is 2. The van der Waals surface area contributed by atoms with Crippen molar-refractivity contribution in [3.63, 3.8) is 0 Å². The van der Waals surface area contributed by atoms with E-state index in [1.165, 1.54) is 23.1 Å². The average molecular weight is 312 g/mol. The number of aliphatic hydroxyl groups excluding tert-OH is 2. The predicted molar refractivity (Wildman–Crippen MR) is 76.5 cm³/mol. The van der Waals surface area contributed by atoms with Gasteiger partial charge in [-0.15, -0.1) is 11.6 Å². The number of rotatable bonds is 6. The van der Waals surface area contributed by atoms with E-state index in [0.717, 1.165) is 0 Å². The molecule has 0 aliphatic carbocycles. The molecule has 0 radical (unpaired) electrons. The number of alkyl halides is 1. The molecule has 0 saturated heterocycles. The Hall–Kier alpha value is -1.96. The Labute approximate surface area is 125 Å². The van der Waals surface area contributed by atoms with Crippen LogP contribution in [0.25, 0.3) is 5.69 Å². The number of halogens is 1. The van der Waals surface area contributed by atoms with Gasteiger partial charge < -0.3 is 10.2 Å². The van der Waals surface area contributed by atoms with Gasteiger partial charge in [-0.05, 0) is 12.5 Å². The van der Waals surface area contributed by atoms with Gasteiger partial charge in [0.25, 0.3) is 5.69 Å². The third-order valence-corrected chi connectivity index (χ3v) is 3.26. The van der Waals surface area contributed by atoms with Gasteiger partial charge in [0.05, 0.1) is 17.2 Å². The smallest absolute Gasteiger partial charge is 0.294 e. The van der Waals surface area contributed by atoms with E-state index in [1.807, 2.05) is 0 Å². The van der Waals surface area contributed by atoms with Crippen LogP contribution < -0.4 is 0 Å². The van der Waals surface area contributed by atoms with Gasteiger partial charge in [0.2, 0.25) is 0 Å². The average Bonchev–Trinajstić information content (AvgIpc) is 2.96. The Morgan fingerprint density at radius 2 is 2.10 bits per heavy atom. The number of aliphatic hydroxyl groups is 2. The first-order valence-corrected chi connectivity index (χ1v) is 6.78. The highest BCUT2D eigenvalue weighted by atomic mass is 35.5. The highest BCUT2D eigenvalue weighted by molar-refractivity contribution is 6.17. The van der Waals surface area contributed by atoms with Crippen molar-refractivity contribution in [2.24, 2.45) is 0 Å². The molecule has 2 aromatic rings. The quantitative estimate of drug-likeness (QED) is 0.481. The number of para-hydroxylation sites is 2. The van der Waals surface area contributed by atoms with Crippen LogP contribution in [0.1, 0.15) is 18.1 Å². The van der Waals surface area contributed by atoms with Gasteiger partial charge in [0.1, 0.15) is 11.8 Å². The third kappa shape index (κ3) is 3.38. The molecule has 8 heteroatoms. The number of hydrogen-bond acceptors (Lipinski definition) is 5. The molecule has 1 aromatic heterocycles. The van der Waals surface area contributed by atoms with Crippen molar-refractivity contribution in [3.05, 3.63) is 52.3 Å². The van der Waals surface area contributed by atoms with Crippen LogP contribution in [0.3, 0.4) is 0 Å². The maximum atomic E-state index is 11.0. The zero-order chi connectivity index (χ0) is 15.4. The number of nitro benzene ring substituents is 1. The highest BCUT2D eigenvalue weighted by Crippen LogP contribution is 2.24. The lowest BCUT2D eigenvalue weighted by molar-refractivity contribution is -0.384. The van der Waals surface area contributed by atoms with E-state index in [0.29, 0.717) is 5.56 Å². The van der Waals surface area contributed by atoms with Crippen LogP contribution in [0, 0.1) is 10.1 Å². The Morgan fingerprint density at radius 1 is 1.38 bits per heavy atom. The Bertz CT molecular complexity index is 631. The molecule has 2 atom stereocenters. The van der Waals surface area contributed by atoms with Crippen molar-refractivity contribution in [3.8, 4) is 5.69 Å². The zero-order valence-electron chi connectivity index (χ0n) is 11.0. The molecule has 0 saturated carbocycles. The molecule has 0 bridgehead atoms. The van der Waals surface area contributed by atoms with Gasteiger partial charge >= 0.3 is 0 Å². The van der Waals surface area contributed by atoms with Crippen molar-refractivity contribution in [1.82, 2.24) is 9.78 Å². The van der Waals surface area contributed by atoms with Gasteiger partial charge in [-0.2, -0.15) is 5.10 Å². The first-order chi connectivity index (χ1) is 10.0. The molecule has 0 fully saturated rings. The van der Waals surface area contributed by atoms with Crippen LogP contribution in [-0.4, -0.2) is 36.9 Å². The lowest BCUT2D eigenvalue weighted by atomic mass is 10.1. The van der Waals surface area contributed by atoms with E-state index in [4.69, 9.17) is 11.6 Å². The minimum atomic E-state index is -1.14. The summed E-state index contributed by atoms with van der Waals surface area (Å²) in [5.41, 5.74) is 0.557. The van der Waals surface area contributed by atoms with Crippen molar-refractivity contribution >= 4 is 17.3 Å². The molecule has 1 aromatic carbocycles. The van der Waals surface area contributed by atoms with Crippen LogP contribution in [0.4, 0.5) is 5.69 Å². The van der Waals surface area contributed by atoms with Gasteiger partial charge in [-0.25, -0.2) is 4.68 Å². The normalized spacial score (nSPS) is 13.9. The summed E-state index contributed by atoms with van der Waals surface area (Å²) in [4.78, 5) is 10.5. The van der Waals surface area contributed by atoms with E-state index < -0.39 is 17.1 Å². The second-order valence-corrected chi connectivity index (χ2v) is 4.83. The largest absolute Gasteiger partial charge is 0.390 e. The van der Waals surface area contributed by atoms with Crippen LogP contribution >= 0.6 is 11.6 Å². The topological polar surface area (TPSA) is 101 Å². The van der Waals surface area contributed by atoms with E-state index in [-0.39, 0.29) is 23.7 Å². The van der Waals surface area contributed by atoms with Gasteiger partial charge in [0.15, 0.2) is 0 Å². The van der Waals surface area contributed by atoms with Gasteiger partial charge in [-0.3, -0.25) is 10.1 Å². The van der Waals surface area contributed by atoms with Crippen molar-refractivity contribution in [1.29, 1.82) is 0 Å². The minimum Gasteiger partial charge on any atom is -0.390 e. The summed E-state index contributed by atoms with van der Waals surface area (Å²) in [5.74, 6) is 0.219. The second kappa shape index (κ2) is 6.66. The maximum absolute atomic E-state index is 11.0. The summed E-state index contributed by atoms with van der Waals surface area (Å²) in [5, 5.41) is 34.7. The maximum Gasteiger partial charge on any atom is 0.294 e. The Morgan fingerprint density at radius 3 is 2.76 bits per heavy atom. The molecule has 0 aliphatic rings. The molecule has 7 nitrogen and oxygen atoms in total. The van der Waals surface area contributed by atoms with Gasteiger partial charge in [0, 0.05) is 23.7 Å². The summed E-state index contributed by atoms with van der Waals surface area (Å²) >= 11 is 5.52. The standard InChI is InChI=1S/C13H14ClN3O4/c14-6-5-12(18)13(19)9-7-15-16(8-9)10-3-1-2-4-11(10)17(20)21/h1-4,7-8,12-13,18-19H,5-6H2. The van der Waals surface area contributed by atoms with Crippen LogP contribution in [0.5, 0.6) is 0 Å². The fraction of sp³-hybridized carbons (Fsp3) is 0.308. The van der Waals surface area contributed by atoms with Crippen molar-refractivity contribution in [2.45, 2.75) is 18.6 Å². The predicted octanol–water partition coefficient (Wildman–Crippen LogP) is 1.80. The van der Waals surface area contributed by atoms with Gasteiger partial charge in [-0.1, -0.05) is 12.1 Å². The molecule has 0 spiro atoms. The van der Waals surface area contributed by atoms with E-state index in [9.17, 15) is 20.3 Å². The molecular weight excluding hydrogens is 298 g/mol. The van der Waals surface area contributed by atoms with E-state index >= 15 is 0 Å². The van der Waals surface area contributed by atoms with Crippen molar-refractivity contribution in [2.75, 3.05) is 5.88 Å². The number of aromatic nitrogens is 2. The van der Waals surface area contributed by atoms with Crippen LogP contribution in [-0.2, 0) is 0 Å². The van der Waals surface area contributed by atoms with E-state index in [1.54, 1.807) is 18.2 Å². The molecule has 2 N–H and O–H groups in total. The lowest BCUT2D eigenvalue weighted by Gasteiger charge is -2.14. The molecular formula is C13H14ClN3O4. The summed E-state index contributed by atoms with van der Waals surface area (Å²) in [6.45, 7) is 0. The van der Waals surface area contributed by atoms with E-state index in [2.05, 4.69) is 5.10 Å². The lowest BCUT2D eigenvalue weighted by Crippen LogP contribution is -2.18. The number of nitrogens with zero attached hydrogens (tertiary/aromatic N) is 3. The summed E-state index contributed by atoms with van der Waals surface area (Å²) in [7, 11) is 0. The summed E-state index contributed by atoms with van der Waals surface area (Å²) in [6.07, 6.45) is 0.897. The molecule has 0 aliphatic heterocycles. The first kappa shape index (κ1) is 15.4. The summed E-state index contributed by atoms with van der Waals surface area (Å²) < 4.78 is 1.30. The SMILES string of the molecule is O=[N+]([O-])c1ccccc1-n1cc(C(O)C(O)CCCl)cn1. The zero-order valence-corrected chi connectivity index (χ0v) is 11.7. The monoisotopic (exact) mass is 311 g/mol. The fourth-order valence-electron chi connectivity index (χ4n) is 1.93. The molecule has 2 unspecified atom stereocenters. The number of nitro groups is 1. The van der Waals surface area contributed by atoms with Crippen LogP contribution in [0.15, 0.2) is 36.7 Å². The molecule has 0 amide bonds. The van der Waals surface area contributed by atoms with Crippen LogP contribution in [0.2, 0.25) is 0 Å². The third-order valence-electron chi connectivity index (χ3n) is 3.04. The Kier molecular flexibility index (Phi) is 4.89. The second-order valence-electron chi connectivity index (χ2n) is 4.45. The fourth-order valence-corrected chi connectivity index (χ4v) is 2.15. The minimum absolute atomic E-state index is 0.0945. The summed E-state index contributed by atoms with van der Waals surface area (Å²) in [6, 6.07) is 6.14. The molecule has 112 valence electrons. The first-order valence-electron chi connectivity index (χ1n) is 6.25. The molecule has 21 heavy (non-hydrogen) atoms. The molecule has 2 rings (SSSR count). The Balaban J connectivity index is 2.30. The molecule has 1 heterocycles. The van der Waals surface area contributed by atoms with Crippen molar-refractivity contribution < 1.29 is 15.1 Å². The number of benzene rings is 1. The highest BCUT2D eigenvalue weighted by Gasteiger charge is 2.21.